The van der Waals surface area contributed by atoms with E-state index in [1.807, 2.05) is 20.8 Å². The van der Waals surface area contributed by atoms with Crippen molar-refractivity contribution in [1.29, 1.82) is 0 Å². The molecular formula is C29H48N2O2S. The van der Waals surface area contributed by atoms with Crippen LogP contribution in [0.2, 0.25) is 0 Å². The average molecular weight is 489 g/mol. The van der Waals surface area contributed by atoms with Crippen molar-refractivity contribution in [3.8, 4) is 0 Å². The molecule has 2 aliphatic heterocycles. The van der Waals surface area contributed by atoms with Gasteiger partial charge in [-0.3, -0.25) is 0 Å². The van der Waals surface area contributed by atoms with Crippen LogP contribution in [0.3, 0.4) is 0 Å². The second-order valence-electron chi connectivity index (χ2n) is 12.3. The van der Waals surface area contributed by atoms with E-state index in [1.54, 1.807) is 0 Å². The van der Waals surface area contributed by atoms with E-state index in [0.29, 0.717) is 11.7 Å². The zero-order chi connectivity index (χ0) is 24.2. The lowest BCUT2D eigenvalue weighted by atomic mass is 9.80. The lowest BCUT2D eigenvalue weighted by Gasteiger charge is -2.41. The minimum Gasteiger partial charge on any atom is -0.371 e. The quantitative estimate of drug-likeness (QED) is 0.465. The molecule has 1 aliphatic carbocycles. The molecule has 1 saturated carbocycles. The monoisotopic (exact) mass is 488 g/mol. The number of aryl methyl sites for hydroxylation is 1. The Morgan fingerprint density at radius 3 is 1.97 bits per heavy atom. The summed E-state index contributed by atoms with van der Waals surface area (Å²) in [7, 11) is -3.00. The third-order valence-corrected chi connectivity index (χ3v) is 11.6. The minimum atomic E-state index is -3.00. The first-order chi connectivity index (χ1) is 16.2. The second kappa shape index (κ2) is 11.3. The molecule has 0 atom stereocenters. The van der Waals surface area contributed by atoms with E-state index in [2.05, 4.69) is 34.1 Å². The molecule has 0 aromatic heterocycles. The highest BCUT2D eigenvalue weighted by molar-refractivity contribution is 7.92. The Morgan fingerprint density at radius 2 is 1.38 bits per heavy atom. The standard InChI is InChI=1S/C29H48N2O2S/c1-29(2,3)34(32,33)23-26-11-9-24(10-12-26)7-8-25-13-15-27(16-14-25)31-21-17-28(18-22-31)30-19-5-4-6-20-30/h13-16,24,26,28H,4-12,17-23H2,1-3H3. The van der Waals surface area contributed by atoms with E-state index in [1.165, 1.54) is 88.8 Å². The van der Waals surface area contributed by atoms with Gasteiger partial charge in [-0.25, -0.2) is 8.42 Å². The van der Waals surface area contributed by atoms with Crippen LogP contribution in [0.5, 0.6) is 0 Å². The van der Waals surface area contributed by atoms with Crippen molar-refractivity contribution in [2.45, 2.75) is 102 Å². The van der Waals surface area contributed by atoms with Gasteiger partial charge in [0.2, 0.25) is 0 Å². The maximum Gasteiger partial charge on any atom is 0.155 e. The van der Waals surface area contributed by atoms with E-state index < -0.39 is 14.6 Å². The Hall–Kier alpha value is -1.07. The summed E-state index contributed by atoms with van der Waals surface area (Å²) in [6.07, 6.45) is 13.7. The van der Waals surface area contributed by atoms with Crippen LogP contribution >= 0.6 is 0 Å². The molecule has 192 valence electrons. The highest BCUT2D eigenvalue weighted by Gasteiger charge is 2.33. The molecule has 2 saturated heterocycles. The van der Waals surface area contributed by atoms with Crippen LogP contribution in [0.25, 0.3) is 0 Å². The SMILES string of the molecule is CC(C)(C)S(=O)(=O)CC1CCC(CCc2ccc(N3CCC(N4CCCCC4)CC3)cc2)CC1. The van der Waals surface area contributed by atoms with Crippen LogP contribution in [-0.4, -0.2) is 56.0 Å². The Balaban J connectivity index is 1.17. The molecular weight excluding hydrogens is 440 g/mol. The lowest BCUT2D eigenvalue weighted by Crippen LogP contribution is -2.46. The van der Waals surface area contributed by atoms with E-state index in [4.69, 9.17) is 0 Å². The van der Waals surface area contributed by atoms with Crippen molar-refractivity contribution in [3.63, 3.8) is 0 Å². The zero-order valence-corrected chi connectivity index (χ0v) is 22.8. The highest BCUT2D eigenvalue weighted by Crippen LogP contribution is 2.34. The number of benzene rings is 1. The summed E-state index contributed by atoms with van der Waals surface area (Å²) in [6, 6.07) is 10.2. The molecule has 0 spiro atoms. The molecule has 3 fully saturated rings. The molecule has 34 heavy (non-hydrogen) atoms. The summed E-state index contributed by atoms with van der Waals surface area (Å²) in [6.45, 7) is 10.5. The van der Waals surface area contributed by atoms with Crippen LogP contribution < -0.4 is 4.90 Å². The predicted octanol–water partition coefficient (Wildman–Crippen LogP) is 6.09. The van der Waals surface area contributed by atoms with Crippen LogP contribution in [0.1, 0.15) is 90.5 Å². The summed E-state index contributed by atoms with van der Waals surface area (Å²) in [4.78, 5) is 5.33. The maximum atomic E-state index is 12.5. The van der Waals surface area contributed by atoms with Crippen molar-refractivity contribution in [1.82, 2.24) is 4.90 Å². The number of likely N-dealkylation sites (tertiary alicyclic amines) is 1. The summed E-state index contributed by atoms with van der Waals surface area (Å²) in [5, 5.41) is 0. The Labute approximate surface area is 209 Å². The number of hydrogen-bond donors (Lipinski definition) is 0. The summed E-state index contributed by atoms with van der Waals surface area (Å²) >= 11 is 0. The van der Waals surface area contributed by atoms with E-state index in [0.717, 1.165) is 31.2 Å². The van der Waals surface area contributed by atoms with Gasteiger partial charge >= 0.3 is 0 Å². The van der Waals surface area contributed by atoms with Gasteiger partial charge in [0.25, 0.3) is 0 Å². The molecule has 0 amide bonds. The molecule has 0 radical (unpaired) electrons. The third-order valence-electron chi connectivity index (χ3n) is 8.87. The van der Waals surface area contributed by atoms with Gasteiger partial charge in [-0.05, 0) is 115 Å². The third kappa shape index (κ3) is 6.78. The molecule has 1 aromatic rings. The molecule has 2 heterocycles. The van der Waals surface area contributed by atoms with Gasteiger partial charge in [0.15, 0.2) is 9.84 Å². The number of sulfone groups is 1. The number of nitrogens with zero attached hydrogens (tertiary/aromatic N) is 2. The Morgan fingerprint density at radius 1 is 0.794 bits per heavy atom. The number of piperidine rings is 2. The topological polar surface area (TPSA) is 40.6 Å². The highest BCUT2D eigenvalue weighted by atomic mass is 32.2. The average Bonchev–Trinajstić information content (AvgIpc) is 2.84. The van der Waals surface area contributed by atoms with Gasteiger partial charge in [0.1, 0.15) is 0 Å². The Kier molecular flexibility index (Phi) is 8.66. The van der Waals surface area contributed by atoms with E-state index in [-0.39, 0.29) is 0 Å². The van der Waals surface area contributed by atoms with Gasteiger partial charge in [-0.2, -0.15) is 0 Å². The maximum absolute atomic E-state index is 12.5. The normalized spacial score (nSPS) is 26.0. The number of hydrogen-bond acceptors (Lipinski definition) is 4. The fraction of sp³-hybridized carbons (Fsp3) is 0.793. The lowest BCUT2D eigenvalue weighted by molar-refractivity contribution is 0.141. The molecule has 0 unspecified atom stereocenters. The van der Waals surface area contributed by atoms with Crippen molar-refractivity contribution < 1.29 is 8.42 Å². The van der Waals surface area contributed by atoms with Crippen molar-refractivity contribution in [2.24, 2.45) is 11.8 Å². The molecule has 4 nitrogen and oxygen atoms in total. The van der Waals surface area contributed by atoms with Gasteiger partial charge in [-0.1, -0.05) is 31.4 Å². The van der Waals surface area contributed by atoms with Gasteiger partial charge in [0.05, 0.1) is 10.5 Å². The smallest absolute Gasteiger partial charge is 0.155 e. The fourth-order valence-corrected chi connectivity index (χ4v) is 7.72. The van der Waals surface area contributed by atoms with Crippen LogP contribution in [-0.2, 0) is 16.3 Å². The first-order valence-electron chi connectivity index (χ1n) is 14.0. The largest absolute Gasteiger partial charge is 0.371 e. The van der Waals surface area contributed by atoms with E-state index in [9.17, 15) is 8.42 Å². The van der Waals surface area contributed by atoms with Gasteiger partial charge in [-0.15, -0.1) is 0 Å². The molecule has 3 aliphatic rings. The van der Waals surface area contributed by atoms with Crippen molar-refractivity contribution in [2.75, 3.05) is 36.8 Å². The molecule has 0 bridgehead atoms. The van der Waals surface area contributed by atoms with E-state index >= 15 is 0 Å². The Bertz CT molecular complexity index is 852. The molecule has 1 aromatic carbocycles. The van der Waals surface area contributed by atoms with Crippen LogP contribution in [0.15, 0.2) is 24.3 Å². The second-order valence-corrected chi connectivity index (χ2v) is 15.1. The molecule has 0 N–H and O–H groups in total. The minimum absolute atomic E-state index is 0.360. The van der Waals surface area contributed by atoms with Crippen LogP contribution in [0.4, 0.5) is 5.69 Å². The number of anilines is 1. The fourth-order valence-electron chi connectivity index (χ4n) is 6.26. The molecule has 5 heteroatoms. The van der Waals surface area contributed by atoms with Gasteiger partial charge < -0.3 is 9.80 Å². The van der Waals surface area contributed by atoms with Crippen molar-refractivity contribution >= 4 is 15.5 Å². The number of rotatable bonds is 7. The predicted molar refractivity (Wildman–Crippen MR) is 144 cm³/mol. The summed E-state index contributed by atoms with van der Waals surface area (Å²) in [5.41, 5.74) is 2.84. The zero-order valence-electron chi connectivity index (χ0n) is 22.0. The summed E-state index contributed by atoms with van der Waals surface area (Å²) < 4.78 is 24.4. The van der Waals surface area contributed by atoms with Crippen LogP contribution in [0, 0.1) is 11.8 Å². The summed E-state index contributed by atoms with van der Waals surface area (Å²) in [5.74, 6) is 1.49. The van der Waals surface area contributed by atoms with Crippen molar-refractivity contribution in [3.05, 3.63) is 29.8 Å². The first kappa shape index (κ1) is 26.0. The molecule has 4 rings (SSSR count). The van der Waals surface area contributed by atoms with Gasteiger partial charge in [0, 0.05) is 24.8 Å². The first-order valence-corrected chi connectivity index (χ1v) is 15.7.